The minimum atomic E-state index is -0.893. The highest BCUT2D eigenvalue weighted by molar-refractivity contribution is 5.37. The van der Waals surface area contributed by atoms with Gasteiger partial charge in [0.1, 0.15) is 0 Å². The van der Waals surface area contributed by atoms with Crippen molar-refractivity contribution in [1.29, 1.82) is 0 Å². The highest BCUT2D eigenvalue weighted by Gasteiger charge is 2.26. The fourth-order valence-electron chi connectivity index (χ4n) is 1.76. The van der Waals surface area contributed by atoms with E-state index in [9.17, 15) is 8.78 Å². The lowest BCUT2D eigenvalue weighted by molar-refractivity contribution is 0.193. The molecule has 0 saturated carbocycles. The molecular formula is C11H13F2NO. The topological polar surface area (TPSA) is 35.2 Å². The van der Waals surface area contributed by atoms with Gasteiger partial charge in [0.05, 0.1) is 6.61 Å². The second-order valence-electron chi connectivity index (χ2n) is 3.98. The molecular weight excluding hydrogens is 200 g/mol. The lowest BCUT2D eigenvalue weighted by Crippen LogP contribution is -2.35. The Morgan fingerprint density at radius 1 is 1.47 bits per heavy atom. The van der Waals surface area contributed by atoms with E-state index in [4.69, 9.17) is 10.5 Å². The van der Waals surface area contributed by atoms with Crippen LogP contribution < -0.4 is 10.5 Å². The Morgan fingerprint density at radius 2 is 2.20 bits per heavy atom. The summed E-state index contributed by atoms with van der Waals surface area (Å²) in [5.74, 6) is -1.54. The summed E-state index contributed by atoms with van der Waals surface area (Å²) in [5, 5.41) is 0. The number of benzene rings is 1. The van der Waals surface area contributed by atoms with Crippen LogP contribution >= 0.6 is 0 Å². The monoisotopic (exact) mass is 213 g/mol. The first kappa shape index (κ1) is 10.4. The molecule has 0 aliphatic carbocycles. The molecule has 1 aliphatic rings. The van der Waals surface area contributed by atoms with Crippen LogP contribution in [0, 0.1) is 17.6 Å². The zero-order valence-corrected chi connectivity index (χ0v) is 8.47. The highest BCUT2D eigenvalue weighted by atomic mass is 19.2. The smallest absolute Gasteiger partial charge is 0.200 e. The average Bonchev–Trinajstić information content (AvgIpc) is 2.23. The summed E-state index contributed by atoms with van der Waals surface area (Å²) in [6, 6.07) is 2.68. The van der Waals surface area contributed by atoms with E-state index in [0.29, 0.717) is 18.6 Å². The highest BCUT2D eigenvalue weighted by Crippen LogP contribution is 2.32. The van der Waals surface area contributed by atoms with Gasteiger partial charge in [-0.05, 0) is 25.0 Å². The Hall–Kier alpha value is -1.16. The van der Waals surface area contributed by atoms with Crippen LogP contribution in [-0.2, 0) is 6.42 Å². The van der Waals surface area contributed by atoms with Crippen molar-refractivity contribution in [3.63, 3.8) is 0 Å². The number of hydrogen-bond acceptors (Lipinski definition) is 2. The van der Waals surface area contributed by atoms with E-state index in [1.54, 1.807) is 6.07 Å². The van der Waals surface area contributed by atoms with Crippen LogP contribution in [-0.4, -0.2) is 12.6 Å². The molecule has 2 nitrogen and oxygen atoms in total. The van der Waals surface area contributed by atoms with Crippen LogP contribution in [0.5, 0.6) is 5.75 Å². The molecule has 0 bridgehead atoms. The summed E-state index contributed by atoms with van der Waals surface area (Å²) < 4.78 is 31.4. The Balaban J connectivity index is 2.32. The van der Waals surface area contributed by atoms with Crippen molar-refractivity contribution in [3.8, 4) is 5.75 Å². The number of hydrogen-bond donors (Lipinski definition) is 1. The van der Waals surface area contributed by atoms with E-state index in [2.05, 4.69) is 0 Å². The molecule has 1 aromatic carbocycles. The van der Waals surface area contributed by atoms with Gasteiger partial charge in [0, 0.05) is 12.0 Å². The summed E-state index contributed by atoms with van der Waals surface area (Å²) in [6.07, 6.45) is 0.643. The maximum Gasteiger partial charge on any atom is 0.200 e. The number of rotatable bonds is 1. The van der Waals surface area contributed by atoms with Gasteiger partial charge in [0.2, 0.25) is 5.82 Å². The van der Waals surface area contributed by atoms with Gasteiger partial charge >= 0.3 is 0 Å². The Labute approximate surface area is 87.0 Å². The quantitative estimate of drug-likeness (QED) is 0.772. The molecule has 15 heavy (non-hydrogen) atoms. The molecule has 0 aromatic heterocycles. The van der Waals surface area contributed by atoms with Gasteiger partial charge in [-0.1, -0.05) is 6.07 Å². The molecule has 0 fully saturated rings. The molecule has 0 spiro atoms. The predicted octanol–water partition coefficient (Wildman–Crippen LogP) is 1.86. The maximum absolute atomic E-state index is 13.3. The van der Waals surface area contributed by atoms with Gasteiger partial charge in [-0.2, -0.15) is 4.39 Å². The van der Waals surface area contributed by atoms with Crippen LogP contribution in [0.4, 0.5) is 8.78 Å². The lowest BCUT2D eigenvalue weighted by atomic mass is 9.91. The SMILES string of the molecule is C[C@H](N)C1COc2c(ccc(F)c2F)C1. The molecule has 2 N–H and O–H groups in total. The van der Waals surface area contributed by atoms with Gasteiger partial charge in [-0.15, -0.1) is 0 Å². The third-order valence-electron chi connectivity index (χ3n) is 2.80. The van der Waals surface area contributed by atoms with E-state index in [0.717, 1.165) is 6.07 Å². The number of fused-ring (bicyclic) bond motifs is 1. The zero-order chi connectivity index (χ0) is 11.0. The Morgan fingerprint density at radius 3 is 2.87 bits per heavy atom. The first-order valence-corrected chi connectivity index (χ1v) is 4.95. The standard InChI is InChI=1S/C11H13F2NO/c1-6(14)8-4-7-2-3-9(12)10(13)11(7)15-5-8/h2-3,6,8H,4-5,14H2,1H3/t6-,8?/m0/s1. The molecule has 1 aromatic rings. The van der Waals surface area contributed by atoms with Crippen molar-refractivity contribution >= 4 is 0 Å². The van der Waals surface area contributed by atoms with Crippen LogP contribution in [0.2, 0.25) is 0 Å². The molecule has 0 amide bonds. The minimum absolute atomic E-state index is 0.00809. The van der Waals surface area contributed by atoms with E-state index >= 15 is 0 Å². The van der Waals surface area contributed by atoms with Crippen molar-refractivity contribution < 1.29 is 13.5 Å². The largest absolute Gasteiger partial charge is 0.490 e. The van der Waals surface area contributed by atoms with Crippen LogP contribution in [0.25, 0.3) is 0 Å². The normalized spacial score (nSPS) is 21.7. The molecule has 2 rings (SSSR count). The second-order valence-corrected chi connectivity index (χ2v) is 3.98. The fourth-order valence-corrected chi connectivity index (χ4v) is 1.76. The van der Waals surface area contributed by atoms with E-state index in [1.165, 1.54) is 0 Å². The number of halogens is 2. The number of nitrogens with two attached hydrogens (primary N) is 1. The number of ether oxygens (including phenoxy) is 1. The predicted molar refractivity (Wildman–Crippen MR) is 52.7 cm³/mol. The van der Waals surface area contributed by atoms with Crippen molar-refractivity contribution in [2.75, 3.05) is 6.61 Å². The molecule has 82 valence electrons. The summed E-state index contributed by atoms with van der Waals surface area (Å²) >= 11 is 0. The molecule has 2 atom stereocenters. The molecule has 4 heteroatoms. The van der Waals surface area contributed by atoms with Gasteiger partial charge in [-0.3, -0.25) is 0 Å². The lowest BCUT2D eigenvalue weighted by Gasteiger charge is -2.27. The summed E-state index contributed by atoms with van der Waals surface area (Å²) in [6.45, 7) is 2.24. The van der Waals surface area contributed by atoms with Gasteiger partial charge in [0.25, 0.3) is 0 Å². The fraction of sp³-hybridized carbons (Fsp3) is 0.455. The maximum atomic E-state index is 13.3. The van der Waals surface area contributed by atoms with Crippen molar-refractivity contribution in [3.05, 3.63) is 29.3 Å². The average molecular weight is 213 g/mol. The van der Waals surface area contributed by atoms with E-state index < -0.39 is 11.6 Å². The van der Waals surface area contributed by atoms with Crippen molar-refractivity contribution in [2.45, 2.75) is 19.4 Å². The molecule has 1 unspecified atom stereocenters. The van der Waals surface area contributed by atoms with Crippen LogP contribution in [0.15, 0.2) is 12.1 Å². The third kappa shape index (κ3) is 1.81. The van der Waals surface area contributed by atoms with Crippen molar-refractivity contribution in [1.82, 2.24) is 0 Å². The molecule has 1 aliphatic heterocycles. The van der Waals surface area contributed by atoms with Crippen molar-refractivity contribution in [2.24, 2.45) is 11.7 Å². The first-order chi connectivity index (χ1) is 7.09. The summed E-state index contributed by atoms with van der Waals surface area (Å²) in [5.41, 5.74) is 6.44. The van der Waals surface area contributed by atoms with Crippen LogP contribution in [0.1, 0.15) is 12.5 Å². The first-order valence-electron chi connectivity index (χ1n) is 4.95. The molecule has 0 radical (unpaired) electrons. The van der Waals surface area contributed by atoms with Gasteiger partial charge in [0.15, 0.2) is 11.6 Å². The third-order valence-corrected chi connectivity index (χ3v) is 2.80. The summed E-state index contributed by atoms with van der Waals surface area (Å²) in [7, 11) is 0. The zero-order valence-electron chi connectivity index (χ0n) is 8.47. The molecule has 0 saturated heterocycles. The van der Waals surface area contributed by atoms with Crippen LogP contribution in [0.3, 0.4) is 0 Å². The van der Waals surface area contributed by atoms with E-state index in [-0.39, 0.29) is 17.7 Å². The summed E-state index contributed by atoms with van der Waals surface area (Å²) in [4.78, 5) is 0. The minimum Gasteiger partial charge on any atom is -0.490 e. The Bertz CT molecular complexity index is 379. The Kier molecular flexibility index (Phi) is 2.61. The molecule has 1 heterocycles. The second kappa shape index (κ2) is 3.77. The van der Waals surface area contributed by atoms with E-state index in [1.807, 2.05) is 6.92 Å². The van der Waals surface area contributed by atoms with Gasteiger partial charge in [-0.25, -0.2) is 4.39 Å². The van der Waals surface area contributed by atoms with Gasteiger partial charge < -0.3 is 10.5 Å².